The summed E-state index contributed by atoms with van der Waals surface area (Å²) >= 11 is 11.2. The monoisotopic (exact) mass is 332 g/mol. The number of hydrogen-bond donors (Lipinski definition) is 3. The first-order valence-electron chi connectivity index (χ1n) is 6.32. The number of hydrazone groups is 1. The van der Waals surface area contributed by atoms with Crippen molar-refractivity contribution < 1.29 is 4.79 Å². The van der Waals surface area contributed by atoms with Crippen molar-refractivity contribution in [2.45, 2.75) is 0 Å². The van der Waals surface area contributed by atoms with Crippen LogP contribution in [0.2, 0.25) is 5.02 Å². The molecule has 2 amide bonds. The average molecular weight is 333 g/mol. The van der Waals surface area contributed by atoms with Crippen LogP contribution in [0.3, 0.4) is 0 Å². The highest BCUT2D eigenvalue weighted by Crippen LogP contribution is 2.14. The molecular formula is C15H13ClN4OS. The van der Waals surface area contributed by atoms with Crippen LogP contribution in [0.5, 0.6) is 0 Å². The van der Waals surface area contributed by atoms with Gasteiger partial charge in [-0.15, -0.1) is 0 Å². The topological polar surface area (TPSA) is 79.5 Å². The van der Waals surface area contributed by atoms with E-state index in [4.69, 9.17) is 29.6 Å². The van der Waals surface area contributed by atoms with E-state index >= 15 is 0 Å². The van der Waals surface area contributed by atoms with Gasteiger partial charge in [0.25, 0.3) is 0 Å². The Morgan fingerprint density at radius 2 is 1.73 bits per heavy atom. The maximum absolute atomic E-state index is 10.9. The molecule has 22 heavy (non-hydrogen) atoms. The number of nitrogens with one attached hydrogen (secondary N) is 2. The first kappa shape index (κ1) is 15.9. The zero-order valence-corrected chi connectivity index (χ0v) is 13.0. The molecule has 112 valence electrons. The van der Waals surface area contributed by atoms with Crippen LogP contribution < -0.4 is 16.5 Å². The van der Waals surface area contributed by atoms with Gasteiger partial charge in [-0.3, -0.25) is 0 Å². The molecule has 0 aromatic heterocycles. The highest BCUT2D eigenvalue weighted by molar-refractivity contribution is 7.82. The van der Waals surface area contributed by atoms with Gasteiger partial charge in [0, 0.05) is 16.3 Å². The molecule has 2 rings (SSSR count). The Bertz CT molecular complexity index is 701. The molecule has 0 saturated heterocycles. The third-order valence-electron chi connectivity index (χ3n) is 2.64. The molecule has 2 aromatic rings. The van der Waals surface area contributed by atoms with Gasteiger partial charge in [0.15, 0.2) is 0 Å². The molecule has 0 atom stereocenters. The standard InChI is InChI=1S/C15H13ClN4OS/c16-11-6-8-12(9-7-11)18-14(22)13(19-20-15(17)21)10-4-2-1-3-5-10/h1-9H,(H,18,22)(H3,17,20,21)/b19-13-. The number of anilines is 1. The molecule has 0 fully saturated rings. The SMILES string of the molecule is NC(=O)N/N=C(\C(=S)Nc1ccc(Cl)cc1)c1ccccc1. The van der Waals surface area contributed by atoms with Crippen LogP contribution in [0.15, 0.2) is 59.7 Å². The number of primary amides is 1. The largest absolute Gasteiger partial charge is 0.350 e. The fraction of sp³-hybridized carbons (Fsp3) is 0. The molecule has 0 heterocycles. The number of rotatable bonds is 4. The summed E-state index contributed by atoms with van der Waals surface area (Å²) in [4.78, 5) is 11.2. The number of amides is 2. The molecule has 0 spiro atoms. The number of nitrogens with zero attached hydrogens (tertiary/aromatic N) is 1. The number of nitrogens with two attached hydrogens (primary N) is 1. The summed E-state index contributed by atoms with van der Waals surface area (Å²) < 4.78 is 0. The van der Waals surface area contributed by atoms with Crippen LogP contribution in [0.1, 0.15) is 5.56 Å². The second-order valence-corrected chi connectivity index (χ2v) is 5.11. The summed E-state index contributed by atoms with van der Waals surface area (Å²) in [6, 6.07) is 15.5. The minimum atomic E-state index is -0.761. The number of halogens is 1. The summed E-state index contributed by atoms with van der Waals surface area (Å²) in [6.45, 7) is 0. The Labute approximate surface area is 138 Å². The summed E-state index contributed by atoms with van der Waals surface area (Å²) in [5.41, 5.74) is 9.17. The van der Waals surface area contributed by atoms with Gasteiger partial charge >= 0.3 is 6.03 Å². The van der Waals surface area contributed by atoms with Gasteiger partial charge in [-0.05, 0) is 24.3 Å². The quantitative estimate of drug-likeness (QED) is 0.457. The second kappa shape index (κ2) is 7.53. The molecular weight excluding hydrogens is 320 g/mol. The van der Waals surface area contributed by atoms with Gasteiger partial charge in [-0.2, -0.15) is 5.10 Å². The Morgan fingerprint density at radius 3 is 2.32 bits per heavy atom. The molecule has 0 aliphatic heterocycles. The third kappa shape index (κ3) is 4.54. The van der Waals surface area contributed by atoms with E-state index in [1.165, 1.54) is 0 Å². The maximum atomic E-state index is 10.9. The summed E-state index contributed by atoms with van der Waals surface area (Å²) in [5.74, 6) is 0. The number of thiocarbonyl (C=S) groups is 1. The third-order valence-corrected chi connectivity index (χ3v) is 3.19. The van der Waals surface area contributed by atoms with Crippen LogP contribution in [0, 0.1) is 0 Å². The minimum absolute atomic E-state index is 0.349. The number of urea groups is 1. The first-order valence-corrected chi connectivity index (χ1v) is 7.10. The Balaban J connectivity index is 2.24. The van der Waals surface area contributed by atoms with Crippen molar-refractivity contribution in [3.63, 3.8) is 0 Å². The fourth-order valence-corrected chi connectivity index (χ4v) is 2.08. The Morgan fingerprint density at radius 1 is 1.09 bits per heavy atom. The predicted octanol–water partition coefficient (Wildman–Crippen LogP) is 3.15. The molecule has 0 saturated carbocycles. The van der Waals surface area contributed by atoms with Crippen molar-refractivity contribution in [3.05, 3.63) is 65.2 Å². The van der Waals surface area contributed by atoms with Gasteiger partial charge in [0.1, 0.15) is 10.7 Å². The second-order valence-electron chi connectivity index (χ2n) is 4.26. The average Bonchev–Trinajstić information content (AvgIpc) is 2.50. The van der Waals surface area contributed by atoms with Crippen molar-refractivity contribution in [1.82, 2.24) is 5.43 Å². The van der Waals surface area contributed by atoms with E-state index in [-0.39, 0.29) is 0 Å². The molecule has 0 radical (unpaired) electrons. The van der Waals surface area contributed by atoms with E-state index in [1.807, 2.05) is 30.3 Å². The highest BCUT2D eigenvalue weighted by Gasteiger charge is 2.11. The molecule has 0 aliphatic rings. The lowest BCUT2D eigenvalue weighted by Gasteiger charge is -2.11. The van der Waals surface area contributed by atoms with Gasteiger partial charge in [-0.1, -0.05) is 54.2 Å². The number of hydrogen-bond acceptors (Lipinski definition) is 3. The van der Waals surface area contributed by atoms with Gasteiger partial charge in [0.2, 0.25) is 0 Å². The highest BCUT2D eigenvalue weighted by atomic mass is 35.5. The molecule has 5 nitrogen and oxygen atoms in total. The number of carbonyl (C=O) groups is 1. The summed E-state index contributed by atoms with van der Waals surface area (Å²) in [7, 11) is 0. The van der Waals surface area contributed by atoms with E-state index < -0.39 is 6.03 Å². The molecule has 0 unspecified atom stereocenters. The van der Waals surface area contributed by atoms with Crippen molar-refractivity contribution >= 4 is 46.2 Å². The van der Waals surface area contributed by atoms with Crippen LogP contribution in [-0.2, 0) is 0 Å². The van der Waals surface area contributed by atoms with E-state index in [9.17, 15) is 4.79 Å². The van der Waals surface area contributed by atoms with E-state index in [2.05, 4.69) is 15.8 Å². The minimum Gasteiger partial charge on any atom is -0.350 e. The first-order chi connectivity index (χ1) is 10.6. The zero-order valence-electron chi connectivity index (χ0n) is 11.4. The Kier molecular flexibility index (Phi) is 5.46. The van der Waals surface area contributed by atoms with Crippen LogP contribution in [-0.4, -0.2) is 16.7 Å². The van der Waals surface area contributed by atoms with Crippen molar-refractivity contribution in [1.29, 1.82) is 0 Å². The normalized spacial score (nSPS) is 10.9. The van der Waals surface area contributed by atoms with Gasteiger partial charge < -0.3 is 11.1 Å². The lowest BCUT2D eigenvalue weighted by Crippen LogP contribution is -2.30. The molecule has 0 aliphatic carbocycles. The molecule has 4 N–H and O–H groups in total. The predicted molar refractivity (Wildman–Crippen MR) is 93.4 cm³/mol. The Hall–Kier alpha value is -2.44. The lowest BCUT2D eigenvalue weighted by atomic mass is 10.1. The summed E-state index contributed by atoms with van der Waals surface area (Å²) in [6.07, 6.45) is 0. The van der Waals surface area contributed by atoms with E-state index in [1.54, 1.807) is 24.3 Å². The molecule has 7 heteroatoms. The van der Waals surface area contributed by atoms with Gasteiger partial charge in [0.05, 0.1) is 0 Å². The molecule has 2 aromatic carbocycles. The lowest BCUT2D eigenvalue weighted by molar-refractivity contribution is 0.249. The number of carbonyl (C=O) groups excluding carboxylic acids is 1. The van der Waals surface area contributed by atoms with Crippen molar-refractivity contribution in [2.75, 3.05) is 5.32 Å². The van der Waals surface area contributed by atoms with E-state index in [0.29, 0.717) is 15.7 Å². The molecule has 0 bridgehead atoms. The van der Waals surface area contributed by atoms with Crippen LogP contribution in [0.4, 0.5) is 10.5 Å². The zero-order chi connectivity index (χ0) is 15.9. The van der Waals surface area contributed by atoms with Crippen LogP contribution in [0.25, 0.3) is 0 Å². The summed E-state index contributed by atoms with van der Waals surface area (Å²) in [5, 5.41) is 7.64. The van der Waals surface area contributed by atoms with E-state index in [0.717, 1.165) is 11.3 Å². The van der Waals surface area contributed by atoms with Crippen molar-refractivity contribution in [2.24, 2.45) is 10.8 Å². The van der Waals surface area contributed by atoms with Crippen LogP contribution >= 0.6 is 23.8 Å². The number of benzene rings is 2. The van der Waals surface area contributed by atoms with Gasteiger partial charge in [-0.25, -0.2) is 10.2 Å². The van der Waals surface area contributed by atoms with Crippen molar-refractivity contribution in [3.8, 4) is 0 Å². The maximum Gasteiger partial charge on any atom is 0.332 e. The fourth-order valence-electron chi connectivity index (χ4n) is 1.68. The smallest absolute Gasteiger partial charge is 0.332 e.